The molecule has 0 aliphatic carbocycles. The lowest BCUT2D eigenvalue weighted by Gasteiger charge is -2.31. The Kier molecular flexibility index (Phi) is 5.08. The number of nitrogens with one attached hydrogen (secondary N) is 1. The Morgan fingerprint density at radius 2 is 1.95 bits per heavy atom. The van der Waals surface area contributed by atoms with Crippen LogP contribution in [0.5, 0.6) is 5.75 Å². The quantitative estimate of drug-likeness (QED) is 0.905. The van der Waals surface area contributed by atoms with Crippen LogP contribution in [0.25, 0.3) is 0 Å². The predicted molar refractivity (Wildman–Crippen MR) is 83.3 cm³/mol. The Labute approximate surface area is 131 Å². The highest BCUT2D eigenvalue weighted by atomic mass is 32.2. The zero-order valence-electron chi connectivity index (χ0n) is 13.1. The molecule has 1 aliphatic rings. The van der Waals surface area contributed by atoms with E-state index in [0.717, 1.165) is 5.56 Å². The smallest absolute Gasteiger partial charge is 0.240 e. The first kappa shape index (κ1) is 16.8. The third kappa shape index (κ3) is 3.78. The van der Waals surface area contributed by atoms with Crippen molar-refractivity contribution in [3.05, 3.63) is 23.8 Å². The van der Waals surface area contributed by atoms with Crippen LogP contribution in [-0.4, -0.2) is 45.5 Å². The molecule has 1 N–H and O–H groups in total. The number of hydrogen-bond donors (Lipinski definition) is 1. The average Bonchev–Trinajstić information content (AvgIpc) is 2.47. The van der Waals surface area contributed by atoms with Crippen molar-refractivity contribution < 1.29 is 17.9 Å². The Morgan fingerprint density at radius 1 is 1.32 bits per heavy atom. The van der Waals surface area contributed by atoms with E-state index >= 15 is 0 Å². The molecule has 1 amide bonds. The molecule has 122 valence electrons. The van der Waals surface area contributed by atoms with Gasteiger partial charge in [-0.1, -0.05) is 0 Å². The van der Waals surface area contributed by atoms with Crippen molar-refractivity contribution in [2.24, 2.45) is 0 Å². The summed E-state index contributed by atoms with van der Waals surface area (Å²) in [5, 5.41) is 0. The molecule has 0 bridgehead atoms. The van der Waals surface area contributed by atoms with Gasteiger partial charge in [-0.25, -0.2) is 13.1 Å². The molecule has 0 unspecified atom stereocenters. The second-order valence-corrected chi connectivity index (χ2v) is 7.25. The first-order valence-electron chi connectivity index (χ1n) is 7.26. The molecule has 1 heterocycles. The molecular formula is C15H22N2O4S. The van der Waals surface area contributed by atoms with Gasteiger partial charge in [0.05, 0.1) is 12.0 Å². The first-order valence-corrected chi connectivity index (χ1v) is 8.74. The van der Waals surface area contributed by atoms with Crippen molar-refractivity contribution in [3.63, 3.8) is 0 Å². The fourth-order valence-electron chi connectivity index (χ4n) is 2.62. The van der Waals surface area contributed by atoms with Crippen LogP contribution in [-0.2, 0) is 14.8 Å². The Hall–Kier alpha value is -1.60. The molecule has 1 fully saturated rings. The molecule has 1 saturated heterocycles. The lowest BCUT2D eigenvalue weighted by Crippen LogP contribution is -2.45. The van der Waals surface area contributed by atoms with Crippen molar-refractivity contribution >= 4 is 15.9 Å². The number of hydrogen-bond acceptors (Lipinski definition) is 4. The second-order valence-electron chi connectivity index (χ2n) is 5.53. The number of carbonyl (C=O) groups excluding carboxylic acids is 1. The van der Waals surface area contributed by atoms with Gasteiger partial charge in [-0.2, -0.15) is 0 Å². The van der Waals surface area contributed by atoms with Crippen molar-refractivity contribution in [1.82, 2.24) is 9.62 Å². The third-order valence-electron chi connectivity index (χ3n) is 3.94. The maximum atomic E-state index is 12.4. The van der Waals surface area contributed by atoms with E-state index < -0.39 is 10.0 Å². The summed E-state index contributed by atoms with van der Waals surface area (Å²) in [4.78, 5) is 13.3. The summed E-state index contributed by atoms with van der Waals surface area (Å²) in [6, 6.07) is 4.66. The summed E-state index contributed by atoms with van der Waals surface area (Å²) in [5.41, 5.74) is 0.775. The molecule has 0 atom stereocenters. The number of nitrogens with zero attached hydrogens (tertiary/aromatic N) is 1. The molecule has 7 heteroatoms. The Morgan fingerprint density at radius 3 is 2.45 bits per heavy atom. The van der Waals surface area contributed by atoms with Crippen LogP contribution in [0.4, 0.5) is 0 Å². The number of rotatable bonds is 4. The predicted octanol–water partition coefficient (Wildman–Crippen LogP) is 1.29. The van der Waals surface area contributed by atoms with E-state index in [1.807, 2.05) is 6.92 Å². The van der Waals surface area contributed by atoms with Crippen molar-refractivity contribution in [2.45, 2.75) is 37.6 Å². The molecule has 0 saturated carbocycles. The molecule has 0 aromatic heterocycles. The summed E-state index contributed by atoms with van der Waals surface area (Å²) in [5.74, 6) is 0.695. The van der Waals surface area contributed by atoms with E-state index in [4.69, 9.17) is 4.74 Å². The number of benzene rings is 1. The van der Waals surface area contributed by atoms with Gasteiger partial charge in [0.1, 0.15) is 5.75 Å². The van der Waals surface area contributed by atoms with Gasteiger partial charge in [-0.05, 0) is 43.5 Å². The normalized spacial score (nSPS) is 16.6. The van der Waals surface area contributed by atoms with E-state index in [9.17, 15) is 13.2 Å². The van der Waals surface area contributed by atoms with Crippen molar-refractivity contribution in [3.8, 4) is 5.75 Å². The van der Waals surface area contributed by atoms with E-state index in [0.29, 0.717) is 31.7 Å². The minimum absolute atomic E-state index is 0.0343. The second kappa shape index (κ2) is 6.66. The van der Waals surface area contributed by atoms with Crippen molar-refractivity contribution in [2.75, 3.05) is 20.2 Å². The third-order valence-corrected chi connectivity index (χ3v) is 5.46. The molecule has 6 nitrogen and oxygen atoms in total. The van der Waals surface area contributed by atoms with Gasteiger partial charge in [-0.3, -0.25) is 4.79 Å². The van der Waals surface area contributed by atoms with Gasteiger partial charge in [-0.15, -0.1) is 0 Å². The largest absolute Gasteiger partial charge is 0.496 e. The maximum absolute atomic E-state index is 12.4. The van der Waals surface area contributed by atoms with Crippen LogP contribution in [0, 0.1) is 6.92 Å². The number of piperidine rings is 1. The topological polar surface area (TPSA) is 75.7 Å². The van der Waals surface area contributed by atoms with Gasteiger partial charge in [0.2, 0.25) is 15.9 Å². The van der Waals surface area contributed by atoms with Gasteiger partial charge in [0, 0.05) is 26.1 Å². The molecule has 2 rings (SSSR count). The van der Waals surface area contributed by atoms with Crippen LogP contribution in [0.3, 0.4) is 0 Å². The first-order chi connectivity index (χ1) is 10.3. The van der Waals surface area contributed by atoms with E-state index in [2.05, 4.69) is 4.72 Å². The minimum atomic E-state index is -3.55. The fraction of sp³-hybridized carbons (Fsp3) is 0.533. The molecule has 1 aliphatic heterocycles. The van der Waals surface area contributed by atoms with E-state index in [1.54, 1.807) is 30.2 Å². The van der Waals surface area contributed by atoms with Gasteiger partial charge >= 0.3 is 0 Å². The van der Waals surface area contributed by atoms with Crippen LogP contribution in [0.1, 0.15) is 25.3 Å². The van der Waals surface area contributed by atoms with Gasteiger partial charge < -0.3 is 9.64 Å². The highest BCUT2D eigenvalue weighted by Crippen LogP contribution is 2.22. The number of carbonyl (C=O) groups is 1. The Balaban J connectivity index is 2.06. The summed E-state index contributed by atoms with van der Waals surface area (Å²) in [6.07, 6.45) is 1.27. The van der Waals surface area contributed by atoms with Gasteiger partial charge in [0.25, 0.3) is 0 Å². The van der Waals surface area contributed by atoms with Crippen LogP contribution in [0.2, 0.25) is 0 Å². The molecular weight excluding hydrogens is 304 g/mol. The van der Waals surface area contributed by atoms with Gasteiger partial charge in [0.15, 0.2) is 0 Å². The Bertz CT molecular complexity index is 650. The SMILES string of the molecule is COc1ccc(S(=O)(=O)NC2CCN(C(C)=O)CC2)cc1C. The summed E-state index contributed by atoms with van der Waals surface area (Å²) < 4.78 is 32.7. The standard InChI is InChI=1S/C15H22N2O4S/c1-11-10-14(4-5-15(11)21-3)22(19,20)16-13-6-8-17(9-7-13)12(2)18/h4-5,10,13,16H,6-9H2,1-3H3. The summed E-state index contributed by atoms with van der Waals surface area (Å²) in [7, 11) is -2.00. The summed E-state index contributed by atoms with van der Waals surface area (Å²) >= 11 is 0. The highest BCUT2D eigenvalue weighted by Gasteiger charge is 2.25. The lowest BCUT2D eigenvalue weighted by atomic mass is 10.1. The molecule has 22 heavy (non-hydrogen) atoms. The monoisotopic (exact) mass is 326 g/mol. The lowest BCUT2D eigenvalue weighted by molar-refractivity contribution is -0.129. The van der Waals surface area contributed by atoms with Crippen LogP contribution >= 0.6 is 0 Å². The number of ether oxygens (including phenoxy) is 1. The molecule has 0 spiro atoms. The van der Waals surface area contributed by atoms with E-state index in [-0.39, 0.29) is 16.8 Å². The molecule has 1 aromatic carbocycles. The zero-order valence-corrected chi connectivity index (χ0v) is 13.9. The number of methoxy groups -OCH3 is 1. The number of likely N-dealkylation sites (tertiary alicyclic amines) is 1. The minimum Gasteiger partial charge on any atom is -0.496 e. The van der Waals surface area contributed by atoms with E-state index in [1.165, 1.54) is 6.92 Å². The average molecular weight is 326 g/mol. The maximum Gasteiger partial charge on any atom is 0.240 e. The molecule has 0 radical (unpaired) electrons. The number of sulfonamides is 1. The summed E-state index contributed by atoms with van der Waals surface area (Å²) in [6.45, 7) is 4.52. The highest BCUT2D eigenvalue weighted by molar-refractivity contribution is 7.89. The fourth-order valence-corrected chi connectivity index (χ4v) is 4.01. The number of aryl methyl sites for hydroxylation is 1. The number of amides is 1. The molecule has 1 aromatic rings. The van der Waals surface area contributed by atoms with Crippen LogP contribution < -0.4 is 9.46 Å². The van der Waals surface area contributed by atoms with Crippen molar-refractivity contribution in [1.29, 1.82) is 0 Å². The van der Waals surface area contributed by atoms with Crippen LogP contribution in [0.15, 0.2) is 23.1 Å². The zero-order chi connectivity index (χ0) is 16.3.